The first-order chi connectivity index (χ1) is 9.42. The van der Waals surface area contributed by atoms with Crippen LogP contribution in [0, 0.1) is 6.92 Å². The molecule has 0 unspecified atom stereocenters. The Morgan fingerprint density at radius 2 is 2.20 bits per heavy atom. The number of ether oxygens (including phenoxy) is 1. The van der Waals surface area contributed by atoms with Crippen LogP contribution in [0.3, 0.4) is 0 Å². The Kier molecular flexibility index (Phi) is 3.87. The summed E-state index contributed by atoms with van der Waals surface area (Å²) >= 11 is 0. The molecule has 0 aromatic carbocycles. The van der Waals surface area contributed by atoms with Gasteiger partial charge in [-0.05, 0) is 13.0 Å². The number of methoxy groups -OCH3 is 1. The number of aryl methyl sites for hydroxylation is 1. The lowest BCUT2D eigenvalue weighted by atomic mass is 10.1. The predicted molar refractivity (Wildman–Crippen MR) is 69.1 cm³/mol. The molecule has 1 fully saturated rings. The fourth-order valence-electron chi connectivity index (χ4n) is 2.31. The quantitative estimate of drug-likeness (QED) is 0.871. The van der Waals surface area contributed by atoms with Crippen LogP contribution in [-0.4, -0.2) is 47.6 Å². The van der Waals surface area contributed by atoms with Crippen molar-refractivity contribution in [2.24, 2.45) is 5.73 Å². The molecular formula is C13H16FN3O3. The molecule has 0 saturated carbocycles. The third kappa shape index (κ3) is 2.71. The number of carbonyl (C=O) groups excluding carboxylic acids is 2. The molecule has 2 heterocycles. The first-order valence-electron chi connectivity index (χ1n) is 6.19. The third-order valence-corrected chi connectivity index (χ3v) is 3.23. The Morgan fingerprint density at radius 3 is 2.80 bits per heavy atom. The van der Waals surface area contributed by atoms with Crippen molar-refractivity contribution in [3.8, 4) is 5.88 Å². The van der Waals surface area contributed by atoms with E-state index in [4.69, 9.17) is 10.5 Å². The molecule has 1 aromatic heterocycles. The van der Waals surface area contributed by atoms with Gasteiger partial charge in [0.15, 0.2) is 0 Å². The van der Waals surface area contributed by atoms with Gasteiger partial charge in [-0.1, -0.05) is 0 Å². The smallest absolute Gasteiger partial charge is 0.254 e. The highest BCUT2D eigenvalue weighted by Crippen LogP contribution is 2.23. The van der Waals surface area contributed by atoms with Crippen molar-refractivity contribution in [3.63, 3.8) is 0 Å². The first-order valence-corrected chi connectivity index (χ1v) is 6.19. The summed E-state index contributed by atoms with van der Waals surface area (Å²) in [6.45, 7) is 1.59. The van der Waals surface area contributed by atoms with Crippen LogP contribution in [-0.2, 0) is 4.79 Å². The Morgan fingerprint density at radius 1 is 1.50 bits per heavy atom. The molecule has 20 heavy (non-hydrogen) atoms. The van der Waals surface area contributed by atoms with Crippen molar-refractivity contribution in [2.75, 3.05) is 13.7 Å². The molecule has 0 radical (unpaired) electrons. The summed E-state index contributed by atoms with van der Waals surface area (Å²) in [7, 11) is 1.44. The summed E-state index contributed by atoms with van der Waals surface area (Å²) in [6, 6.07) is 2.12. The van der Waals surface area contributed by atoms with E-state index in [1.165, 1.54) is 18.1 Å². The largest absolute Gasteiger partial charge is 0.481 e. The zero-order valence-corrected chi connectivity index (χ0v) is 11.3. The molecule has 1 aliphatic heterocycles. The lowest BCUT2D eigenvalue weighted by molar-refractivity contribution is -0.121. The second-order valence-corrected chi connectivity index (χ2v) is 4.75. The van der Waals surface area contributed by atoms with Crippen molar-refractivity contribution < 1.29 is 18.7 Å². The van der Waals surface area contributed by atoms with E-state index in [1.54, 1.807) is 13.0 Å². The van der Waals surface area contributed by atoms with Crippen LogP contribution >= 0.6 is 0 Å². The Balaban J connectivity index is 2.30. The summed E-state index contributed by atoms with van der Waals surface area (Å²) in [5, 5.41) is 0. The first kappa shape index (κ1) is 14.2. The molecule has 2 amide bonds. The van der Waals surface area contributed by atoms with E-state index in [0.717, 1.165) is 0 Å². The minimum absolute atomic E-state index is 0.0533. The zero-order chi connectivity index (χ0) is 14.9. The molecule has 0 spiro atoms. The van der Waals surface area contributed by atoms with Crippen LogP contribution in [0.2, 0.25) is 0 Å². The van der Waals surface area contributed by atoms with Crippen LogP contribution in [0.1, 0.15) is 22.5 Å². The number of pyridine rings is 1. The van der Waals surface area contributed by atoms with Gasteiger partial charge >= 0.3 is 0 Å². The number of aromatic nitrogens is 1. The highest BCUT2D eigenvalue weighted by atomic mass is 19.1. The van der Waals surface area contributed by atoms with E-state index in [2.05, 4.69) is 4.98 Å². The number of alkyl halides is 1. The fraction of sp³-hybridized carbons (Fsp3) is 0.462. The molecular weight excluding hydrogens is 265 g/mol. The average molecular weight is 281 g/mol. The molecule has 1 aromatic rings. The molecule has 2 N–H and O–H groups in total. The van der Waals surface area contributed by atoms with Gasteiger partial charge in [-0.15, -0.1) is 0 Å². The molecule has 7 heteroatoms. The van der Waals surface area contributed by atoms with Crippen molar-refractivity contribution in [1.82, 2.24) is 9.88 Å². The van der Waals surface area contributed by atoms with Crippen molar-refractivity contribution >= 4 is 11.8 Å². The molecule has 2 rings (SSSR count). The van der Waals surface area contributed by atoms with Gasteiger partial charge < -0.3 is 15.4 Å². The van der Waals surface area contributed by atoms with Crippen molar-refractivity contribution in [1.29, 1.82) is 0 Å². The standard InChI is InChI=1S/C13H16FN3O3/c1-7-3-8(4-11(16-7)20-2)13(19)17-6-9(14)5-10(17)12(15)18/h3-4,9-10H,5-6H2,1-2H3,(H2,15,18)/t9-,10+/m1/s1. The third-order valence-electron chi connectivity index (χ3n) is 3.23. The van der Waals surface area contributed by atoms with E-state index >= 15 is 0 Å². The normalized spacial score (nSPS) is 21.9. The molecule has 108 valence electrons. The lowest BCUT2D eigenvalue weighted by Crippen LogP contribution is -2.43. The van der Waals surface area contributed by atoms with Gasteiger partial charge in [0.2, 0.25) is 11.8 Å². The molecule has 1 saturated heterocycles. The predicted octanol–water partition coefficient (Wildman–Crippen LogP) is 0.437. The van der Waals surface area contributed by atoms with Crippen molar-refractivity contribution in [3.05, 3.63) is 23.4 Å². The Bertz CT molecular complexity index is 550. The maximum absolute atomic E-state index is 13.4. The van der Waals surface area contributed by atoms with E-state index in [9.17, 15) is 14.0 Å². The van der Waals surface area contributed by atoms with Gasteiger partial charge in [0.05, 0.1) is 13.7 Å². The van der Waals surface area contributed by atoms with Gasteiger partial charge in [0, 0.05) is 23.7 Å². The molecule has 0 aliphatic carbocycles. The van der Waals surface area contributed by atoms with Gasteiger partial charge in [-0.3, -0.25) is 9.59 Å². The number of rotatable bonds is 3. The van der Waals surface area contributed by atoms with Crippen LogP contribution in [0.25, 0.3) is 0 Å². The maximum Gasteiger partial charge on any atom is 0.254 e. The molecule has 6 nitrogen and oxygen atoms in total. The summed E-state index contributed by atoms with van der Waals surface area (Å²) in [5.41, 5.74) is 6.11. The number of likely N-dealkylation sites (tertiary alicyclic amines) is 1. The number of halogens is 1. The minimum Gasteiger partial charge on any atom is -0.481 e. The summed E-state index contributed by atoms with van der Waals surface area (Å²) in [4.78, 5) is 28.9. The van der Waals surface area contributed by atoms with E-state index in [0.29, 0.717) is 17.1 Å². The number of carbonyl (C=O) groups is 2. The lowest BCUT2D eigenvalue weighted by Gasteiger charge is -2.22. The van der Waals surface area contributed by atoms with Gasteiger partial charge in [0.1, 0.15) is 12.2 Å². The molecule has 0 bridgehead atoms. The van der Waals surface area contributed by atoms with E-state index < -0.39 is 24.0 Å². The van der Waals surface area contributed by atoms with E-state index in [1.807, 2.05) is 0 Å². The van der Waals surface area contributed by atoms with Crippen molar-refractivity contribution in [2.45, 2.75) is 25.6 Å². The highest BCUT2D eigenvalue weighted by molar-refractivity contribution is 5.98. The fourth-order valence-corrected chi connectivity index (χ4v) is 2.31. The van der Waals surface area contributed by atoms with Gasteiger partial charge in [0.25, 0.3) is 5.91 Å². The topological polar surface area (TPSA) is 85.5 Å². The number of amides is 2. The second kappa shape index (κ2) is 5.44. The minimum atomic E-state index is -1.23. The number of hydrogen-bond donors (Lipinski definition) is 1. The average Bonchev–Trinajstić information content (AvgIpc) is 2.79. The van der Waals surface area contributed by atoms with Gasteiger partial charge in [-0.2, -0.15) is 0 Å². The monoisotopic (exact) mass is 281 g/mol. The number of nitrogens with zero attached hydrogens (tertiary/aromatic N) is 2. The van der Waals surface area contributed by atoms with Crippen LogP contribution in [0.4, 0.5) is 4.39 Å². The number of nitrogens with two attached hydrogens (primary N) is 1. The zero-order valence-electron chi connectivity index (χ0n) is 11.3. The van der Waals surface area contributed by atoms with Gasteiger partial charge in [-0.25, -0.2) is 9.37 Å². The number of primary amides is 1. The second-order valence-electron chi connectivity index (χ2n) is 4.75. The van der Waals surface area contributed by atoms with Crippen LogP contribution in [0.5, 0.6) is 5.88 Å². The molecule has 2 atom stereocenters. The Hall–Kier alpha value is -2.18. The van der Waals surface area contributed by atoms with Crippen LogP contribution < -0.4 is 10.5 Å². The summed E-state index contributed by atoms with van der Waals surface area (Å²) < 4.78 is 18.4. The maximum atomic E-state index is 13.4. The van der Waals surface area contributed by atoms with Crippen LogP contribution in [0.15, 0.2) is 12.1 Å². The van der Waals surface area contributed by atoms with E-state index in [-0.39, 0.29) is 13.0 Å². The Labute approximate surface area is 115 Å². The summed E-state index contributed by atoms with van der Waals surface area (Å²) in [6.07, 6.45) is -1.29. The summed E-state index contributed by atoms with van der Waals surface area (Å²) in [5.74, 6) is -0.853. The number of hydrogen-bond acceptors (Lipinski definition) is 4. The SMILES string of the molecule is COc1cc(C(=O)N2C[C@H](F)C[C@H]2C(N)=O)cc(C)n1. The molecule has 1 aliphatic rings. The highest BCUT2D eigenvalue weighted by Gasteiger charge is 2.39.